The van der Waals surface area contributed by atoms with Crippen LogP contribution < -0.4 is 5.73 Å². The molecule has 1 amide bonds. The van der Waals surface area contributed by atoms with Gasteiger partial charge in [-0.1, -0.05) is 6.08 Å². The molecule has 2 rings (SSSR count). The topological polar surface area (TPSA) is 64.8 Å². The van der Waals surface area contributed by atoms with Gasteiger partial charge in [0.15, 0.2) is 0 Å². The van der Waals surface area contributed by atoms with Gasteiger partial charge in [0.2, 0.25) is 0 Å². The highest BCUT2D eigenvalue weighted by Crippen LogP contribution is 2.39. The van der Waals surface area contributed by atoms with E-state index in [1.54, 1.807) is 11.0 Å². The molecule has 0 bridgehead atoms. The molecule has 5 nitrogen and oxygen atoms in total. The third-order valence-electron chi connectivity index (χ3n) is 4.09. The van der Waals surface area contributed by atoms with Crippen molar-refractivity contribution in [3.05, 3.63) is 23.3 Å². The van der Waals surface area contributed by atoms with Crippen molar-refractivity contribution in [3.63, 3.8) is 0 Å². The van der Waals surface area contributed by atoms with Gasteiger partial charge in [0, 0.05) is 13.6 Å². The Hall–Kier alpha value is -1.27. The van der Waals surface area contributed by atoms with Crippen molar-refractivity contribution in [1.82, 2.24) is 4.90 Å². The summed E-state index contributed by atoms with van der Waals surface area (Å²) in [6.45, 7) is 8.62. The molecule has 0 aliphatic carbocycles. The highest BCUT2D eigenvalue weighted by Gasteiger charge is 2.52. The molecule has 2 aliphatic rings. The summed E-state index contributed by atoms with van der Waals surface area (Å²) in [6.07, 6.45) is 3.74. The predicted octanol–water partition coefficient (Wildman–Crippen LogP) is 0.859. The number of allylic oxidation sites excluding steroid dienone is 2. The van der Waals surface area contributed by atoms with Gasteiger partial charge in [0.1, 0.15) is 5.70 Å². The summed E-state index contributed by atoms with van der Waals surface area (Å²) in [7, 11) is 1.38. The number of carbonyl (C=O) groups is 1. The minimum atomic E-state index is -0.451. The molecule has 19 heavy (non-hydrogen) atoms. The molecule has 2 heterocycles. The second kappa shape index (κ2) is 4.39. The molecule has 0 saturated carbocycles. The van der Waals surface area contributed by atoms with E-state index in [2.05, 4.69) is 0 Å². The van der Waals surface area contributed by atoms with Crippen molar-refractivity contribution >= 4 is 13.0 Å². The van der Waals surface area contributed by atoms with Crippen LogP contribution in [0.15, 0.2) is 23.3 Å². The minimum Gasteiger partial charge on any atom is -0.399 e. The summed E-state index contributed by atoms with van der Waals surface area (Å²) in [5, 5.41) is 0. The highest BCUT2D eigenvalue weighted by molar-refractivity contribution is 6.55. The van der Waals surface area contributed by atoms with E-state index in [1.165, 1.54) is 0 Å². The third-order valence-corrected chi connectivity index (χ3v) is 4.09. The fourth-order valence-corrected chi connectivity index (χ4v) is 2.07. The largest absolute Gasteiger partial charge is 0.494 e. The zero-order chi connectivity index (χ0) is 14.4. The summed E-state index contributed by atoms with van der Waals surface area (Å²) in [4.78, 5) is 13.2. The molecule has 104 valence electrons. The van der Waals surface area contributed by atoms with Crippen molar-refractivity contribution in [3.8, 4) is 0 Å². The summed E-state index contributed by atoms with van der Waals surface area (Å²) < 4.78 is 11.9. The number of rotatable bonds is 2. The van der Waals surface area contributed by atoms with E-state index < -0.39 is 13.0 Å². The number of likely N-dealkylation sites (N-methyl/N-ethyl adjacent to an activating group) is 1. The first-order chi connectivity index (χ1) is 8.64. The van der Waals surface area contributed by atoms with E-state index in [1.807, 2.05) is 40.8 Å². The van der Waals surface area contributed by atoms with Crippen LogP contribution in [0.1, 0.15) is 27.7 Å². The smallest absolute Gasteiger partial charge is 0.399 e. The number of amides is 1. The lowest BCUT2D eigenvalue weighted by Gasteiger charge is -2.32. The van der Waals surface area contributed by atoms with Gasteiger partial charge in [-0.2, -0.15) is 0 Å². The molecule has 0 unspecified atom stereocenters. The molecule has 0 aromatic rings. The van der Waals surface area contributed by atoms with Crippen LogP contribution in [0.25, 0.3) is 0 Å². The Balaban J connectivity index is 2.24. The van der Waals surface area contributed by atoms with Crippen molar-refractivity contribution in [2.75, 3.05) is 13.6 Å². The highest BCUT2D eigenvalue weighted by atomic mass is 16.7. The van der Waals surface area contributed by atoms with Gasteiger partial charge in [0.05, 0.1) is 11.2 Å². The molecular formula is C13H21BN2O3. The molecular weight excluding hydrogens is 243 g/mol. The molecule has 0 radical (unpaired) electrons. The van der Waals surface area contributed by atoms with Crippen molar-refractivity contribution in [1.29, 1.82) is 0 Å². The van der Waals surface area contributed by atoms with Gasteiger partial charge in [-0.15, -0.1) is 0 Å². The van der Waals surface area contributed by atoms with Crippen molar-refractivity contribution in [2.24, 2.45) is 5.73 Å². The monoisotopic (exact) mass is 264 g/mol. The van der Waals surface area contributed by atoms with Crippen LogP contribution in [0.2, 0.25) is 0 Å². The first kappa shape index (κ1) is 14.2. The lowest BCUT2D eigenvalue weighted by molar-refractivity contribution is -0.115. The summed E-state index contributed by atoms with van der Waals surface area (Å²) in [5.74, 6) is -0.440. The second-order valence-corrected chi connectivity index (χ2v) is 6.07. The third kappa shape index (κ3) is 2.42. The Bertz CT molecular complexity index is 453. The van der Waals surface area contributed by atoms with Crippen molar-refractivity contribution < 1.29 is 14.1 Å². The van der Waals surface area contributed by atoms with Gasteiger partial charge < -0.3 is 19.9 Å². The van der Waals surface area contributed by atoms with Crippen LogP contribution >= 0.6 is 0 Å². The zero-order valence-corrected chi connectivity index (χ0v) is 12.2. The molecule has 6 heteroatoms. The van der Waals surface area contributed by atoms with Crippen LogP contribution in [0.3, 0.4) is 0 Å². The number of hydrogen-bond acceptors (Lipinski definition) is 4. The number of nitrogens with zero attached hydrogens (tertiary/aromatic N) is 1. The van der Waals surface area contributed by atoms with E-state index in [0.717, 1.165) is 5.47 Å². The Labute approximate surface area is 114 Å². The van der Waals surface area contributed by atoms with E-state index in [0.29, 0.717) is 12.2 Å². The Kier molecular flexibility index (Phi) is 3.27. The SMILES string of the molecule is CN1CC=C(B2OC(C)(C)C(C)(C)O2)C=C1C(N)=O. The molecule has 0 atom stereocenters. The molecule has 2 aliphatic heterocycles. The lowest BCUT2D eigenvalue weighted by Crippen LogP contribution is -2.41. The molecule has 1 saturated heterocycles. The van der Waals surface area contributed by atoms with Crippen LogP contribution in [0.4, 0.5) is 0 Å². The van der Waals surface area contributed by atoms with E-state index >= 15 is 0 Å². The maximum atomic E-state index is 11.4. The molecule has 0 spiro atoms. The average molecular weight is 264 g/mol. The first-order valence-electron chi connectivity index (χ1n) is 6.42. The van der Waals surface area contributed by atoms with Gasteiger partial charge >= 0.3 is 7.12 Å². The standard InChI is InChI=1S/C13H21BN2O3/c1-12(2)13(3,4)19-14(18-12)9-6-7-16(5)10(8-9)11(15)17/h6,8H,7H2,1-5H3,(H2,15,17). The van der Waals surface area contributed by atoms with Gasteiger partial charge in [-0.25, -0.2) is 0 Å². The maximum absolute atomic E-state index is 11.4. The second-order valence-electron chi connectivity index (χ2n) is 6.07. The van der Waals surface area contributed by atoms with E-state index in [9.17, 15) is 4.79 Å². The molecule has 2 N–H and O–H groups in total. The van der Waals surface area contributed by atoms with Gasteiger partial charge in [-0.05, 0) is 39.2 Å². The van der Waals surface area contributed by atoms with E-state index in [-0.39, 0.29) is 11.2 Å². The van der Waals surface area contributed by atoms with Gasteiger partial charge in [-0.3, -0.25) is 4.79 Å². The summed E-state index contributed by atoms with van der Waals surface area (Å²) >= 11 is 0. The van der Waals surface area contributed by atoms with Crippen LogP contribution in [-0.2, 0) is 14.1 Å². The minimum absolute atomic E-state index is 0.386. The number of nitrogens with two attached hydrogens (primary N) is 1. The maximum Gasteiger partial charge on any atom is 0.494 e. The number of carbonyl (C=O) groups excluding carboxylic acids is 1. The summed E-state index contributed by atoms with van der Waals surface area (Å²) in [5.41, 5.74) is 5.93. The number of hydrogen-bond donors (Lipinski definition) is 1. The fraction of sp³-hybridized carbons (Fsp3) is 0.615. The normalized spacial score (nSPS) is 25.1. The fourth-order valence-electron chi connectivity index (χ4n) is 2.07. The molecule has 1 fully saturated rings. The van der Waals surface area contributed by atoms with Crippen LogP contribution in [0.5, 0.6) is 0 Å². The summed E-state index contributed by atoms with van der Waals surface area (Å²) in [6, 6.07) is 0. The molecule has 0 aromatic heterocycles. The predicted molar refractivity (Wildman–Crippen MR) is 74.1 cm³/mol. The Morgan fingerprint density at radius 1 is 1.32 bits per heavy atom. The van der Waals surface area contributed by atoms with E-state index in [4.69, 9.17) is 15.0 Å². The quantitative estimate of drug-likeness (QED) is 0.751. The lowest BCUT2D eigenvalue weighted by atomic mass is 9.76. The zero-order valence-electron chi connectivity index (χ0n) is 12.2. The number of primary amides is 1. The van der Waals surface area contributed by atoms with Gasteiger partial charge in [0.25, 0.3) is 5.91 Å². The van der Waals surface area contributed by atoms with Crippen molar-refractivity contribution in [2.45, 2.75) is 38.9 Å². The Morgan fingerprint density at radius 3 is 2.32 bits per heavy atom. The van der Waals surface area contributed by atoms with Crippen LogP contribution in [0, 0.1) is 0 Å². The first-order valence-corrected chi connectivity index (χ1v) is 6.42. The molecule has 0 aromatic carbocycles. The Morgan fingerprint density at radius 2 is 1.84 bits per heavy atom. The average Bonchev–Trinajstić information content (AvgIpc) is 2.48. The van der Waals surface area contributed by atoms with Crippen LogP contribution in [-0.4, -0.2) is 42.7 Å².